The van der Waals surface area contributed by atoms with Gasteiger partial charge in [0, 0.05) is 12.5 Å². The summed E-state index contributed by atoms with van der Waals surface area (Å²) in [4.78, 5) is 37.4. The minimum Gasteiger partial charge on any atom is -0.480 e. The lowest BCUT2D eigenvalue weighted by atomic mass is 9.98. The fraction of sp³-hybridized carbons (Fsp3) is 0.192. The van der Waals surface area contributed by atoms with Gasteiger partial charge < -0.3 is 19.8 Å². The van der Waals surface area contributed by atoms with Gasteiger partial charge in [0.15, 0.2) is 0 Å². The van der Waals surface area contributed by atoms with Crippen molar-refractivity contribution in [2.24, 2.45) is 0 Å². The summed E-state index contributed by atoms with van der Waals surface area (Å²) in [6.07, 6.45) is -0.848. The molecule has 1 aliphatic rings. The molecule has 4 rings (SSSR count). The van der Waals surface area contributed by atoms with Crippen LogP contribution in [0.25, 0.3) is 11.1 Å². The average molecular weight is 478 g/mol. The first-order valence-corrected chi connectivity index (χ1v) is 10.9. The predicted molar refractivity (Wildman–Crippen MR) is 126 cm³/mol. The van der Waals surface area contributed by atoms with Crippen molar-refractivity contribution in [2.75, 3.05) is 31.6 Å². The molecule has 9 heteroatoms. The molecule has 0 saturated heterocycles. The summed E-state index contributed by atoms with van der Waals surface area (Å²) < 4.78 is 19.4. The highest BCUT2D eigenvalue weighted by atomic mass is 19.1. The smallest absolute Gasteiger partial charge is 0.411 e. The first-order valence-electron chi connectivity index (χ1n) is 10.9. The molecule has 0 radical (unpaired) electrons. The Kier molecular flexibility index (Phi) is 7.07. The lowest BCUT2D eigenvalue weighted by molar-refractivity contribution is -0.137. The maximum atomic E-state index is 13.9. The molecule has 0 aliphatic heterocycles. The van der Waals surface area contributed by atoms with Gasteiger partial charge in [0.1, 0.15) is 19.0 Å². The number of benzene rings is 3. The number of nitrogens with zero attached hydrogens (tertiary/aromatic N) is 1. The summed E-state index contributed by atoms with van der Waals surface area (Å²) in [6.45, 7) is -1.41. The highest BCUT2D eigenvalue weighted by Crippen LogP contribution is 2.44. The number of carboxylic acids is 1. The molecule has 2 amide bonds. The average Bonchev–Trinajstić information content (AvgIpc) is 3.16. The van der Waals surface area contributed by atoms with Crippen LogP contribution in [-0.2, 0) is 9.53 Å². The number of amides is 2. The summed E-state index contributed by atoms with van der Waals surface area (Å²) >= 11 is 0. The Labute approximate surface area is 200 Å². The Morgan fingerprint density at radius 3 is 2.20 bits per heavy atom. The summed E-state index contributed by atoms with van der Waals surface area (Å²) in [5.41, 5.74) is 3.92. The van der Waals surface area contributed by atoms with E-state index in [2.05, 4.69) is 5.32 Å². The number of ether oxygens (including phenoxy) is 1. The van der Waals surface area contributed by atoms with Gasteiger partial charge in [-0.2, -0.15) is 0 Å². The second-order valence-electron chi connectivity index (χ2n) is 7.98. The second-order valence-corrected chi connectivity index (χ2v) is 7.98. The van der Waals surface area contributed by atoms with Crippen molar-refractivity contribution >= 4 is 23.7 Å². The molecule has 3 aromatic rings. The summed E-state index contributed by atoms with van der Waals surface area (Å²) in [7, 11) is 0. The maximum absolute atomic E-state index is 13.9. The molecular weight excluding hydrogens is 455 g/mol. The zero-order valence-electron chi connectivity index (χ0n) is 18.6. The molecule has 0 saturated carbocycles. The molecule has 0 unspecified atom stereocenters. The summed E-state index contributed by atoms with van der Waals surface area (Å²) in [5, 5.41) is 20.7. The van der Waals surface area contributed by atoms with Crippen molar-refractivity contribution in [1.29, 1.82) is 0 Å². The van der Waals surface area contributed by atoms with Crippen molar-refractivity contribution in [1.82, 2.24) is 4.90 Å². The number of aliphatic carboxylic acids is 1. The lowest BCUT2D eigenvalue weighted by Gasteiger charge is -2.21. The van der Waals surface area contributed by atoms with E-state index in [1.165, 1.54) is 6.07 Å². The Balaban J connectivity index is 1.50. The quantitative estimate of drug-likeness (QED) is 0.455. The van der Waals surface area contributed by atoms with Crippen LogP contribution in [0.1, 0.15) is 27.4 Å². The largest absolute Gasteiger partial charge is 0.480 e. The monoisotopic (exact) mass is 478 g/mol. The molecule has 180 valence electrons. The number of carbonyl (C=O) groups excluding carboxylic acids is 2. The fourth-order valence-electron chi connectivity index (χ4n) is 4.25. The normalized spacial score (nSPS) is 11.9. The van der Waals surface area contributed by atoms with E-state index in [1.54, 1.807) is 0 Å². The van der Waals surface area contributed by atoms with E-state index in [0.717, 1.165) is 39.3 Å². The first kappa shape index (κ1) is 23.9. The number of hydrogen-bond donors (Lipinski definition) is 3. The van der Waals surface area contributed by atoms with Crippen LogP contribution in [0.2, 0.25) is 0 Å². The van der Waals surface area contributed by atoms with Gasteiger partial charge in [-0.1, -0.05) is 48.5 Å². The molecule has 0 fully saturated rings. The Morgan fingerprint density at radius 1 is 0.971 bits per heavy atom. The van der Waals surface area contributed by atoms with Crippen molar-refractivity contribution < 1.29 is 33.7 Å². The fourth-order valence-corrected chi connectivity index (χ4v) is 4.25. The SMILES string of the molecule is O=C(O)CN(CCO)C(=O)c1cc(F)ccc1NC(=O)OCC1c2ccccc2-c2ccccc21. The number of carbonyl (C=O) groups is 3. The van der Waals surface area contributed by atoms with Gasteiger partial charge in [-0.15, -0.1) is 0 Å². The minimum atomic E-state index is -1.30. The third-order valence-corrected chi connectivity index (χ3v) is 5.78. The van der Waals surface area contributed by atoms with Crippen molar-refractivity contribution in [3.63, 3.8) is 0 Å². The van der Waals surface area contributed by atoms with Crippen molar-refractivity contribution in [3.05, 3.63) is 89.2 Å². The van der Waals surface area contributed by atoms with Crippen LogP contribution in [-0.4, -0.2) is 59.4 Å². The summed E-state index contributed by atoms with van der Waals surface area (Å²) in [5.74, 6) is -3.06. The molecule has 0 heterocycles. The zero-order valence-corrected chi connectivity index (χ0v) is 18.6. The molecule has 35 heavy (non-hydrogen) atoms. The van der Waals surface area contributed by atoms with Crippen molar-refractivity contribution in [3.8, 4) is 11.1 Å². The van der Waals surface area contributed by atoms with Crippen LogP contribution < -0.4 is 5.32 Å². The van der Waals surface area contributed by atoms with Gasteiger partial charge in [0.25, 0.3) is 5.91 Å². The Morgan fingerprint density at radius 2 is 1.60 bits per heavy atom. The second kappa shape index (κ2) is 10.4. The molecule has 0 aromatic heterocycles. The number of nitrogens with one attached hydrogen (secondary N) is 1. The number of aliphatic hydroxyl groups is 1. The standard InChI is InChI=1S/C26H23FN2O6/c27-16-9-10-23(21(13-16)25(33)29(11-12-30)14-24(31)32)28-26(34)35-15-22-19-7-3-1-5-17(19)18-6-2-4-8-20(18)22/h1-10,13,22,30H,11-12,14-15H2,(H,28,34)(H,31,32). The van der Waals surface area contributed by atoms with Crippen LogP contribution >= 0.6 is 0 Å². The van der Waals surface area contributed by atoms with Crippen LogP contribution in [0.4, 0.5) is 14.9 Å². The van der Waals surface area contributed by atoms with E-state index >= 15 is 0 Å². The predicted octanol–water partition coefficient (Wildman–Crippen LogP) is 3.71. The summed E-state index contributed by atoms with van der Waals surface area (Å²) in [6, 6.07) is 18.9. The van der Waals surface area contributed by atoms with Crippen LogP contribution in [0.3, 0.4) is 0 Å². The van der Waals surface area contributed by atoms with Gasteiger partial charge in [-0.25, -0.2) is 9.18 Å². The maximum Gasteiger partial charge on any atom is 0.411 e. The number of aliphatic hydroxyl groups excluding tert-OH is 1. The number of rotatable bonds is 8. The molecule has 0 bridgehead atoms. The van der Waals surface area contributed by atoms with E-state index in [1.807, 2.05) is 48.5 Å². The molecule has 1 aliphatic carbocycles. The van der Waals surface area contributed by atoms with Crippen LogP contribution in [0.15, 0.2) is 66.7 Å². The number of halogens is 1. The molecule has 8 nitrogen and oxygen atoms in total. The van der Waals surface area contributed by atoms with Crippen LogP contribution in [0.5, 0.6) is 0 Å². The Bertz CT molecular complexity index is 1230. The van der Waals surface area contributed by atoms with E-state index in [9.17, 15) is 23.9 Å². The third kappa shape index (κ3) is 5.15. The Hall–Kier alpha value is -4.24. The first-order chi connectivity index (χ1) is 16.9. The lowest BCUT2D eigenvalue weighted by Crippen LogP contribution is -2.38. The molecule has 0 atom stereocenters. The number of anilines is 1. The van der Waals surface area contributed by atoms with Gasteiger partial charge in [0.2, 0.25) is 0 Å². The van der Waals surface area contributed by atoms with Gasteiger partial charge in [-0.3, -0.25) is 14.9 Å². The van der Waals surface area contributed by atoms with Crippen molar-refractivity contribution in [2.45, 2.75) is 5.92 Å². The van der Waals surface area contributed by atoms with E-state index in [-0.39, 0.29) is 30.3 Å². The van der Waals surface area contributed by atoms with E-state index in [4.69, 9.17) is 9.84 Å². The molecular formula is C26H23FN2O6. The minimum absolute atomic E-state index is 0.0399. The number of carboxylic acid groups (broad SMARTS) is 1. The molecule has 3 N–H and O–H groups in total. The highest BCUT2D eigenvalue weighted by Gasteiger charge is 2.29. The number of hydrogen-bond acceptors (Lipinski definition) is 5. The van der Waals surface area contributed by atoms with Gasteiger partial charge >= 0.3 is 12.1 Å². The highest BCUT2D eigenvalue weighted by molar-refractivity contribution is 6.03. The third-order valence-electron chi connectivity index (χ3n) is 5.78. The zero-order chi connectivity index (χ0) is 24.9. The molecule has 3 aromatic carbocycles. The topological polar surface area (TPSA) is 116 Å². The number of fused-ring (bicyclic) bond motifs is 3. The van der Waals surface area contributed by atoms with Gasteiger partial charge in [-0.05, 0) is 40.5 Å². The van der Waals surface area contributed by atoms with E-state index in [0.29, 0.717) is 0 Å². The van der Waals surface area contributed by atoms with E-state index < -0.39 is 36.9 Å². The van der Waals surface area contributed by atoms with Gasteiger partial charge in [0.05, 0.1) is 17.9 Å². The molecule has 0 spiro atoms. The van der Waals surface area contributed by atoms with Crippen LogP contribution in [0, 0.1) is 5.82 Å².